The first-order chi connectivity index (χ1) is 11.8. The lowest BCUT2D eigenvalue weighted by Crippen LogP contribution is -2.58. The monoisotopic (exact) mass is 362 g/mol. The third-order valence-electron chi connectivity index (χ3n) is 3.93. The van der Waals surface area contributed by atoms with Crippen LogP contribution in [0.15, 0.2) is 22.8 Å². The van der Waals surface area contributed by atoms with Gasteiger partial charge in [0.2, 0.25) is 5.91 Å². The molecule has 10 heteroatoms. The molecule has 0 radical (unpaired) electrons. The molecule has 0 spiro atoms. The summed E-state index contributed by atoms with van der Waals surface area (Å²) < 4.78 is 44.7. The highest BCUT2D eigenvalue weighted by molar-refractivity contribution is 5.95. The molecule has 1 fully saturated rings. The molecule has 2 rings (SSSR count). The summed E-state index contributed by atoms with van der Waals surface area (Å²) in [4.78, 5) is 25.1. The fourth-order valence-corrected chi connectivity index (χ4v) is 2.54. The number of hydrogen-bond donors (Lipinski definition) is 3. The predicted molar refractivity (Wildman–Crippen MR) is 82.9 cm³/mol. The van der Waals surface area contributed by atoms with Crippen LogP contribution in [0.4, 0.5) is 13.2 Å². The molecule has 140 valence electrons. The Morgan fingerprint density at radius 2 is 2.04 bits per heavy atom. The van der Waals surface area contributed by atoms with Crippen LogP contribution >= 0.6 is 0 Å². The number of rotatable bonds is 6. The highest BCUT2D eigenvalue weighted by Crippen LogP contribution is 2.24. The van der Waals surface area contributed by atoms with Crippen molar-refractivity contribution < 1.29 is 27.2 Å². The summed E-state index contributed by atoms with van der Waals surface area (Å²) in [5.41, 5.74) is 0. The Hall–Kier alpha value is -2.07. The van der Waals surface area contributed by atoms with Crippen LogP contribution in [-0.2, 0) is 4.79 Å². The smallest absolute Gasteiger partial charge is 0.405 e. The van der Waals surface area contributed by atoms with Crippen LogP contribution in [0.25, 0.3) is 0 Å². The Morgan fingerprint density at radius 3 is 2.60 bits per heavy atom. The molecular formula is C15H21F3N4O3. The molecule has 1 aliphatic heterocycles. The summed E-state index contributed by atoms with van der Waals surface area (Å²) >= 11 is 0. The second kappa shape index (κ2) is 8.34. The van der Waals surface area contributed by atoms with Gasteiger partial charge < -0.3 is 20.4 Å². The minimum absolute atomic E-state index is 0.0219. The zero-order chi connectivity index (χ0) is 18.4. The number of nitrogens with zero attached hydrogens (tertiary/aromatic N) is 1. The Labute approximate surface area is 142 Å². The fraction of sp³-hybridized carbons (Fsp3) is 0.600. The second-order valence-electron chi connectivity index (χ2n) is 5.76. The summed E-state index contributed by atoms with van der Waals surface area (Å²) in [5.74, 6) is -1.28. The largest absolute Gasteiger partial charge is 0.459 e. The molecule has 2 atom stereocenters. The van der Waals surface area contributed by atoms with E-state index >= 15 is 0 Å². The van der Waals surface area contributed by atoms with Crippen molar-refractivity contribution >= 4 is 11.8 Å². The van der Waals surface area contributed by atoms with E-state index in [2.05, 4.69) is 16.0 Å². The van der Waals surface area contributed by atoms with Gasteiger partial charge in [0.05, 0.1) is 6.26 Å². The maximum Gasteiger partial charge on any atom is 0.405 e. The van der Waals surface area contributed by atoms with Gasteiger partial charge in [0.15, 0.2) is 5.76 Å². The minimum Gasteiger partial charge on any atom is -0.459 e. The summed E-state index contributed by atoms with van der Waals surface area (Å²) in [5, 5.41) is 7.63. The van der Waals surface area contributed by atoms with Gasteiger partial charge in [-0.15, -0.1) is 0 Å². The molecular weight excluding hydrogens is 341 g/mol. The van der Waals surface area contributed by atoms with Crippen molar-refractivity contribution in [3.63, 3.8) is 0 Å². The van der Waals surface area contributed by atoms with Crippen molar-refractivity contribution in [2.24, 2.45) is 0 Å². The maximum absolute atomic E-state index is 13.3. The van der Waals surface area contributed by atoms with E-state index in [1.165, 1.54) is 30.2 Å². The molecule has 1 aliphatic rings. The molecule has 1 aromatic rings. The van der Waals surface area contributed by atoms with Gasteiger partial charge in [-0.2, -0.15) is 13.2 Å². The summed E-state index contributed by atoms with van der Waals surface area (Å²) in [6.07, 6.45) is -3.15. The van der Waals surface area contributed by atoms with Crippen LogP contribution in [0.1, 0.15) is 17.5 Å². The SMILES string of the molecule is CC(NC(=O)c1ccco1)C(=O)NCC(N1CCNCC1)C(F)(F)F. The number of furan rings is 1. The number of hydrogen-bond acceptors (Lipinski definition) is 5. The summed E-state index contributed by atoms with van der Waals surface area (Å²) in [6.45, 7) is 2.27. The van der Waals surface area contributed by atoms with E-state index in [-0.39, 0.29) is 18.8 Å². The first kappa shape index (κ1) is 19.3. The molecule has 0 saturated carbocycles. The van der Waals surface area contributed by atoms with Crippen LogP contribution in [0.2, 0.25) is 0 Å². The fourth-order valence-electron chi connectivity index (χ4n) is 2.54. The number of carbonyl (C=O) groups excluding carboxylic acids is 2. The van der Waals surface area contributed by atoms with Crippen molar-refractivity contribution in [1.29, 1.82) is 0 Å². The number of carbonyl (C=O) groups is 2. The molecule has 3 N–H and O–H groups in total. The highest BCUT2D eigenvalue weighted by atomic mass is 19.4. The quantitative estimate of drug-likeness (QED) is 0.680. The Kier molecular flexibility index (Phi) is 6.43. The van der Waals surface area contributed by atoms with Crippen molar-refractivity contribution in [1.82, 2.24) is 20.9 Å². The average Bonchev–Trinajstić information content (AvgIpc) is 3.09. The van der Waals surface area contributed by atoms with Crippen molar-refractivity contribution in [2.45, 2.75) is 25.2 Å². The average molecular weight is 362 g/mol. The number of alkyl halides is 3. The van der Waals surface area contributed by atoms with Gasteiger partial charge in [0.25, 0.3) is 5.91 Å². The van der Waals surface area contributed by atoms with Gasteiger partial charge in [-0.3, -0.25) is 14.5 Å². The molecule has 1 aromatic heterocycles. The van der Waals surface area contributed by atoms with Gasteiger partial charge in [-0.05, 0) is 19.1 Å². The van der Waals surface area contributed by atoms with E-state index < -0.39 is 36.6 Å². The van der Waals surface area contributed by atoms with E-state index in [0.717, 1.165) is 0 Å². The topological polar surface area (TPSA) is 86.6 Å². The van der Waals surface area contributed by atoms with E-state index in [1.807, 2.05) is 0 Å². The second-order valence-corrected chi connectivity index (χ2v) is 5.76. The summed E-state index contributed by atoms with van der Waals surface area (Å²) in [6, 6.07) is 0.187. The molecule has 2 amide bonds. The van der Waals surface area contributed by atoms with Gasteiger partial charge >= 0.3 is 6.18 Å². The van der Waals surface area contributed by atoms with Gasteiger partial charge in [0.1, 0.15) is 12.1 Å². The minimum atomic E-state index is -4.45. The van der Waals surface area contributed by atoms with Gasteiger partial charge in [-0.1, -0.05) is 0 Å². The molecule has 25 heavy (non-hydrogen) atoms. The number of amides is 2. The number of nitrogens with one attached hydrogen (secondary N) is 3. The van der Waals surface area contributed by atoms with Crippen molar-refractivity contribution in [3.8, 4) is 0 Å². The number of halogens is 3. The zero-order valence-electron chi connectivity index (χ0n) is 13.7. The molecule has 0 bridgehead atoms. The molecule has 0 aromatic carbocycles. The first-order valence-corrected chi connectivity index (χ1v) is 7.92. The van der Waals surface area contributed by atoms with E-state index in [0.29, 0.717) is 13.1 Å². The lowest BCUT2D eigenvalue weighted by atomic mass is 10.2. The lowest BCUT2D eigenvalue weighted by Gasteiger charge is -2.36. The maximum atomic E-state index is 13.3. The van der Waals surface area contributed by atoms with Gasteiger partial charge in [0, 0.05) is 32.7 Å². The Balaban J connectivity index is 1.88. The van der Waals surface area contributed by atoms with Crippen LogP contribution in [0.5, 0.6) is 0 Å². The van der Waals surface area contributed by atoms with Crippen LogP contribution in [0.3, 0.4) is 0 Å². The summed E-state index contributed by atoms with van der Waals surface area (Å²) in [7, 11) is 0. The zero-order valence-corrected chi connectivity index (χ0v) is 13.7. The Morgan fingerprint density at radius 1 is 1.36 bits per heavy atom. The third-order valence-corrected chi connectivity index (χ3v) is 3.93. The van der Waals surface area contributed by atoms with Crippen LogP contribution in [-0.4, -0.2) is 67.7 Å². The molecule has 1 saturated heterocycles. The first-order valence-electron chi connectivity index (χ1n) is 7.92. The van der Waals surface area contributed by atoms with Crippen LogP contribution < -0.4 is 16.0 Å². The van der Waals surface area contributed by atoms with Crippen molar-refractivity contribution in [2.75, 3.05) is 32.7 Å². The normalized spacial score (nSPS) is 18.4. The van der Waals surface area contributed by atoms with E-state index in [1.54, 1.807) is 0 Å². The molecule has 7 nitrogen and oxygen atoms in total. The highest BCUT2D eigenvalue weighted by Gasteiger charge is 2.44. The third kappa shape index (κ3) is 5.46. The predicted octanol–water partition coefficient (Wildman–Crippen LogP) is 0.350. The number of piperazine rings is 1. The Bertz CT molecular complexity index is 571. The lowest BCUT2D eigenvalue weighted by molar-refractivity contribution is -0.184. The van der Waals surface area contributed by atoms with E-state index in [4.69, 9.17) is 4.42 Å². The van der Waals surface area contributed by atoms with Gasteiger partial charge in [-0.25, -0.2) is 0 Å². The van der Waals surface area contributed by atoms with Crippen LogP contribution in [0, 0.1) is 0 Å². The van der Waals surface area contributed by atoms with Crippen molar-refractivity contribution in [3.05, 3.63) is 24.2 Å². The molecule has 2 heterocycles. The molecule has 0 aliphatic carbocycles. The molecule has 2 unspecified atom stereocenters. The van der Waals surface area contributed by atoms with E-state index in [9.17, 15) is 22.8 Å². The standard InChI is InChI=1S/C15H21F3N4O3/c1-10(21-14(24)11-3-2-8-25-11)13(23)20-9-12(15(16,17)18)22-6-4-19-5-7-22/h2-3,8,10,12,19H,4-7,9H2,1H3,(H,20,23)(H,21,24).